The maximum Gasteiger partial charge on any atom is 0.132 e. The van der Waals surface area contributed by atoms with Crippen molar-refractivity contribution in [1.29, 1.82) is 0 Å². The molecule has 0 aliphatic carbocycles. The molecule has 0 spiro atoms. The van der Waals surface area contributed by atoms with Crippen LogP contribution in [-0.2, 0) is 9.47 Å². The number of nitrogens with zero attached hydrogens (tertiary/aromatic N) is 4. The molecule has 3 heterocycles. The summed E-state index contributed by atoms with van der Waals surface area (Å²) in [6.07, 6.45) is 2.38. The highest BCUT2D eigenvalue weighted by Gasteiger charge is 2.24. The van der Waals surface area contributed by atoms with Crippen molar-refractivity contribution < 1.29 is 9.47 Å². The molecule has 128 valence electrons. The van der Waals surface area contributed by atoms with Gasteiger partial charge in [-0.15, -0.1) is 0 Å². The van der Waals surface area contributed by atoms with Gasteiger partial charge in [0.2, 0.25) is 0 Å². The maximum absolute atomic E-state index is 5.91. The molecule has 6 nitrogen and oxygen atoms in total. The van der Waals surface area contributed by atoms with Crippen molar-refractivity contribution in [3.63, 3.8) is 0 Å². The first-order valence-corrected chi connectivity index (χ1v) is 8.55. The van der Waals surface area contributed by atoms with Crippen molar-refractivity contribution in [2.24, 2.45) is 5.92 Å². The summed E-state index contributed by atoms with van der Waals surface area (Å²) in [4.78, 5) is 13.9. The molecule has 0 saturated carbocycles. The average molecular weight is 320 g/mol. The van der Waals surface area contributed by atoms with Gasteiger partial charge in [-0.2, -0.15) is 0 Å². The van der Waals surface area contributed by atoms with Crippen LogP contribution in [0.15, 0.2) is 6.07 Å². The van der Waals surface area contributed by atoms with E-state index in [1.54, 1.807) is 7.11 Å². The predicted octanol–water partition coefficient (Wildman–Crippen LogP) is 1.65. The Morgan fingerprint density at radius 3 is 2.74 bits per heavy atom. The molecule has 0 amide bonds. The van der Waals surface area contributed by atoms with Crippen molar-refractivity contribution in [1.82, 2.24) is 14.9 Å². The number of hydrogen-bond acceptors (Lipinski definition) is 6. The molecule has 0 aromatic carbocycles. The summed E-state index contributed by atoms with van der Waals surface area (Å²) in [7, 11) is 3.92. The standard InChI is InChI=1S/C17H28N4O2/c1-13-18-15(16-11-20(2)8-9-23-16)10-17(19-13)21-6-4-14(5-7-21)12-22-3/h10,14,16H,4-9,11-12H2,1-3H3/t16-/m0/s1. The second-order valence-electron chi connectivity index (χ2n) is 6.71. The Morgan fingerprint density at radius 1 is 1.26 bits per heavy atom. The lowest BCUT2D eigenvalue weighted by molar-refractivity contribution is -0.0232. The third-order valence-corrected chi connectivity index (χ3v) is 4.78. The minimum absolute atomic E-state index is 0.0558. The monoisotopic (exact) mass is 320 g/mol. The van der Waals surface area contributed by atoms with E-state index in [2.05, 4.69) is 32.9 Å². The summed E-state index contributed by atoms with van der Waals surface area (Å²) in [6.45, 7) is 7.56. The zero-order chi connectivity index (χ0) is 16.2. The Morgan fingerprint density at radius 2 is 2.04 bits per heavy atom. The number of anilines is 1. The highest BCUT2D eigenvalue weighted by atomic mass is 16.5. The van der Waals surface area contributed by atoms with Crippen LogP contribution in [0.4, 0.5) is 5.82 Å². The van der Waals surface area contributed by atoms with Gasteiger partial charge >= 0.3 is 0 Å². The van der Waals surface area contributed by atoms with E-state index in [0.717, 1.165) is 69.6 Å². The van der Waals surface area contributed by atoms with E-state index < -0.39 is 0 Å². The molecule has 6 heteroatoms. The van der Waals surface area contributed by atoms with Crippen LogP contribution in [0.2, 0.25) is 0 Å². The van der Waals surface area contributed by atoms with Gasteiger partial charge in [-0.1, -0.05) is 0 Å². The largest absolute Gasteiger partial charge is 0.384 e. The number of rotatable bonds is 4. The summed E-state index contributed by atoms with van der Waals surface area (Å²) >= 11 is 0. The Labute approximate surface area is 138 Å². The third-order valence-electron chi connectivity index (χ3n) is 4.78. The number of aromatic nitrogens is 2. The highest BCUT2D eigenvalue weighted by Crippen LogP contribution is 2.26. The average Bonchev–Trinajstić information content (AvgIpc) is 2.55. The number of aryl methyl sites for hydroxylation is 1. The molecule has 0 radical (unpaired) electrons. The molecule has 2 aliphatic rings. The molecule has 2 saturated heterocycles. The first-order valence-electron chi connectivity index (χ1n) is 8.55. The van der Waals surface area contributed by atoms with Crippen LogP contribution in [-0.4, -0.2) is 68.4 Å². The van der Waals surface area contributed by atoms with Gasteiger partial charge in [-0.05, 0) is 32.7 Å². The third kappa shape index (κ3) is 4.19. The van der Waals surface area contributed by atoms with Gasteiger partial charge < -0.3 is 19.3 Å². The second kappa shape index (κ2) is 7.55. The van der Waals surface area contributed by atoms with Crippen molar-refractivity contribution in [2.75, 3.05) is 58.5 Å². The van der Waals surface area contributed by atoms with Crippen molar-refractivity contribution >= 4 is 5.82 Å². The Bertz CT molecular complexity index is 517. The number of methoxy groups -OCH3 is 1. The van der Waals surface area contributed by atoms with Crippen LogP contribution >= 0.6 is 0 Å². The second-order valence-corrected chi connectivity index (χ2v) is 6.71. The molecule has 0 unspecified atom stereocenters. The van der Waals surface area contributed by atoms with Crippen molar-refractivity contribution in [2.45, 2.75) is 25.9 Å². The van der Waals surface area contributed by atoms with Gasteiger partial charge in [0.25, 0.3) is 0 Å². The van der Waals surface area contributed by atoms with E-state index in [1.165, 1.54) is 0 Å². The summed E-state index contributed by atoms with van der Waals surface area (Å²) in [5, 5.41) is 0. The first-order chi connectivity index (χ1) is 11.2. The molecule has 3 rings (SSSR count). The summed E-state index contributed by atoms with van der Waals surface area (Å²) in [5.41, 5.74) is 1.01. The van der Waals surface area contributed by atoms with Crippen LogP contribution in [0.25, 0.3) is 0 Å². The molecule has 0 N–H and O–H groups in total. The Kier molecular flexibility index (Phi) is 5.46. The lowest BCUT2D eigenvalue weighted by Gasteiger charge is -2.33. The van der Waals surface area contributed by atoms with E-state index in [-0.39, 0.29) is 6.10 Å². The van der Waals surface area contributed by atoms with E-state index in [0.29, 0.717) is 5.92 Å². The summed E-state index contributed by atoms with van der Waals surface area (Å²) in [6, 6.07) is 2.12. The summed E-state index contributed by atoms with van der Waals surface area (Å²) < 4.78 is 11.2. The van der Waals surface area contributed by atoms with E-state index in [4.69, 9.17) is 9.47 Å². The van der Waals surface area contributed by atoms with Crippen molar-refractivity contribution in [3.8, 4) is 0 Å². The molecular formula is C17H28N4O2. The quantitative estimate of drug-likeness (QED) is 0.841. The van der Waals surface area contributed by atoms with Gasteiger partial charge in [-0.3, -0.25) is 0 Å². The minimum Gasteiger partial charge on any atom is -0.384 e. The van der Waals surface area contributed by atoms with Crippen LogP contribution in [0.5, 0.6) is 0 Å². The molecule has 1 atom stereocenters. The number of likely N-dealkylation sites (N-methyl/N-ethyl adjacent to an activating group) is 1. The Hall–Kier alpha value is -1.24. The van der Waals surface area contributed by atoms with Crippen LogP contribution in [0.3, 0.4) is 0 Å². The first kappa shape index (κ1) is 16.6. The van der Waals surface area contributed by atoms with E-state index in [9.17, 15) is 0 Å². The van der Waals surface area contributed by atoms with Crippen LogP contribution in [0.1, 0.15) is 30.5 Å². The van der Waals surface area contributed by atoms with Crippen LogP contribution < -0.4 is 4.90 Å². The lowest BCUT2D eigenvalue weighted by atomic mass is 9.98. The van der Waals surface area contributed by atoms with Crippen LogP contribution in [0, 0.1) is 12.8 Å². The zero-order valence-electron chi connectivity index (χ0n) is 14.5. The molecule has 2 aliphatic heterocycles. The Balaban J connectivity index is 1.71. The summed E-state index contributed by atoms with van der Waals surface area (Å²) in [5.74, 6) is 2.54. The SMILES string of the molecule is COCC1CCN(c2cc([C@@H]3CN(C)CCO3)nc(C)n2)CC1. The fourth-order valence-electron chi connectivity index (χ4n) is 3.42. The van der Waals surface area contributed by atoms with E-state index in [1.807, 2.05) is 6.92 Å². The molecule has 23 heavy (non-hydrogen) atoms. The topological polar surface area (TPSA) is 50.7 Å². The molecule has 0 bridgehead atoms. The molecule has 1 aromatic rings. The maximum atomic E-state index is 5.91. The fraction of sp³-hybridized carbons (Fsp3) is 0.765. The number of morpholine rings is 1. The predicted molar refractivity (Wildman–Crippen MR) is 89.8 cm³/mol. The lowest BCUT2D eigenvalue weighted by Crippen LogP contribution is -2.37. The van der Waals surface area contributed by atoms with Gasteiger partial charge in [-0.25, -0.2) is 9.97 Å². The highest BCUT2D eigenvalue weighted by molar-refractivity contribution is 5.41. The smallest absolute Gasteiger partial charge is 0.132 e. The minimum atomic E-state index is 0.0558. The van der Waals surface area contributed by atoms with Crippen molar-refractivity contribution in [3.05, 3.63) is 17.6 Å². The van der Waals surface area contributed by atoms with Gasteiger partial charge in [0.05, 0.1) is 12.3 Å². The zero-order valence-corrected chi connectivity index (χ0v) is 14.5. The molecule has 1 aromatic heterocycles. The fourth-order valence-corrected chi connectivity index (χ4v) is 3.42. The molecular weight excluding hydrogens is 292 g/mol. The normalized spacial score (nSPS) is 24.1. The molecule has 2 fully saturated rings. The van der Waals surface area contributed by atoms with Gasteiger partial charge in [0.1, 0.15) is 17.7 Å². The number of piperidine rings is 1. The van der Waals surface area contributed by atoms with E-state index >= 15 is 0 Å². The number of ether oxygens (including phenoxy) is 2. The number of hydrogen-bond donors (Lipinski definition) is 0. The van der Waals surface area contributed by atoms with Gasteiger partial charge in [0, 0.05) is 46.0 Å². The van der Waals surface area contributed by atoms with Gasteiger partial charge in [0.15, 0.2) is 0 Å².